The van der Waals surface area contributed by atoms with Gasteiger partial charge in [-0.1, -0.05) is 0 Å². The summed E-state index contributed by atoms with van der Waals surface area (Å²) < 4.78 is 14.6. The fourth-order valence-electron chi connectivity index (χ4n) is 2.31. The summed E-state index contributed by atoms with van der Waals surface area (Å²) in [5.41, 5.74) is 0. The number of carbonyl (C=O) groups is 2. The molecule has 1 unspecified atom stereocenters. The van der Waals surface area contributed by atoms with Gasteiger partial charge in [0.25, 0.3) is 0 Å². The molecule has 8 atom stereocenters. The molecular weight excluding hydrogens is 320 g/mol. The molecule has 0 amide bonds. The van der Waals surface area contributed by atoms with Crippen LogP contribution in [-0.2, 0) is 23.8 Å². The predicted molar refractivity (Wildman–Crippen MR) is 66.6 cm³/mol. The van der Waals surface area contributed by atoms with E-state index in [2.05, 4.69) is 4.74 Å². The van der Waals surface area contributed by atoms with Crippen molar-refractivity contribution in [3.05, 3.63) is 0 Å². The molecule has 11 nitrogen and oxygen atoms in total. The van der Waals surface area contributed by atoms with Gasteiger partial charge in [-0.05, 0) is 0 Å². The molecule has 0 aromatic rings. The van der Waals surface area contributed by atoms with Gasteiger partial charge in [0.1, 0.15) is 30.5 Å². The first-order valence-electron chi connectivity index (χ1n) is 6.81. The van der Waals surface area contributed by atoms with Crippen LogP contribution in [-0.4, -0.2) is 105 Å². The Morgan fingerprint density at radius 2 is 1.74 bits per heavy atom. The molecular formula is C12H18O11. The lowest BCUT2D eigenvalue weighted by Gasteiger charge is -2.39. The molecule has 0 aromatic heterocycles. The number of ketones is 1. The largest absolute Gasteiger partial charge is 0.449 e. The first-order chi connectivity index (χ1) is 10.8. The summed E-state index contributed by atoms with van der Waals surface area (Å²) in [6, 6.07) is 0. The van der Waals surface area contributed by atoms with E-state index in [1.165, 1.54) is 0 Å². The van der Waals surface area contributed by atoms with Gasteiger partial charge in [-0.2, -0.15) is 0 Å². The van der Waals surface area contributed by atoms with Crippen LogP contribution in [0.3, 0.4) is 0 Å². The Morgan fingerprint density at radius 3 is 2.30 bits per heavy atom. The quantitative estimate of drug-likeness (QED) is 0.208. The van der Waals surface area contributed by atoms with Crippen molar-refractivity contribution in [1.82, 2.24) is 0 Å². The zero-order chi connectivity index (χ0) is 17.3. The second-order valence-electron chi connectivity index (χ2n) is 5.22. The average Bonchev–Trinajstić information content (AvgIpc) is 2.82. The van der Waals surface area contributed by atoms with Gasteiger partial charge in [0.2, 0.25) is 11.9 Å². The lowest BCUT2D eigenvalue weighted by molar-refractivity contribution is -0.305. The Hall–Kier alpha value is -1.18. The maximum absolute atomic E-state index is 12.0. The Kier molecular flexibility index (Phi) is 5.65. The molecule has 0 radical (unpaired) electrons. The van der Waals surface area contributed by atoms with E-state index < -0.39 is 74.0 Å². The number of Topliss-reactive ketones (excluding diaryl/α,β-unsaturated/α-hetero) is 1. The molecule has 2 heterocycles. The summed E-state index contributed by atoms with van der Waals surface area (Å²) in [5.74, 6) is -2.15. The molecule has 2 saturated heterocycles. The Morgan fingerprint density at radius 1 is 1.09 bits per heavy atom. The van der Waals surface area contributed by atoms with Crippen molar-refractivity contribution in [2.45, 2.75) is 49.0 Å². The van der Waals surface area contributed by atoms with Gasteiger partial charge in [0.05, 0.1) is 13.2 Å². The van der Waals surface area contributed by atoms with Gasteiger partial charge in [-0.25, -0.2) is 4.79 Å². The van der Waals surface area contributed by atoms with Crippen molar-refractivity contribution in [2.24, 2.45) is 0 Å². The van der Waals surface area contributed by atoms with E-state index in [1.54, 1.807) is 0 Å². The second-order valence-corrected chi connectivity index (χ2v) is 5.22. The number of hydrogen-bond acceptors (Lipinski definition) is 11. The Balaban J connectivity index is 2.08. The minimum atomic E-state index is -1.84. The number of aliphatic hydroxyl groups excluding tert-OH is 6. The number of esters is 1. The van der Waals surface area contributed by atoms with Crippen LogP contribution in [0.25, 0.3) is 0 Å². The van der Waals surface area contributed by atoms with Gasteiger partial charge in [0.15, 0.2) is 12.4 Å². The molecule has 23 heavy (non-hydrogen) atoms. The van der Waals surface area contributed by atoms with Gasteiger partial charge in [-0.3, -0.25) is 4.79 Å². The van der Waals surface area contributed by atoms with Crippen LogP contribution in [0.1, 0.15) is 0 Å². The van der Waals surface area contributed by atoms with E-state index in [1.807, 2.05) is 0 Å². The molecule has 0 aromatic carbocycles. The van der Waals surface area contributed by atoms with E-state index in [9.17, 15) is 30.0 Å². The molecule has 2 aliphatic heterocycles. The molecule has 0 spiro atoms. The highest BCUT2D eigenvalue weighted by molar-refractivity contribution is 6.09. The first kappa shape index (κ1) is 18.2. The number of carbonyl (C=O) groups excluding carboxylic acids is 2. The number of cyclic esters (lactones) is 1. The molecule has 6 N–H and O–H groups in total. The molecule has 0 saturated carbocycles. The zero-order valence-electron chi connectivity index (χ0n) is 11.8. The Bertz CT molecular complexity index is 452. The topological polar surface area (TPSA) is 183 Å². The van der Waals surface area contributed by atoms with Gasteiger partial charge >= 0.3 is 5.97 Å². The van der Waals surface area contributed by atoms with E-state index in [0.29, 0.717) is 0 Å². The minimum absolute atomic E-state index is 0.709. The third kappa shape index (κ3) is 3.36. The molecule has 2 aliphatic rings. The second kappa shape index (κ2) is 7.15. The SMILES string of the molecule is O=C1O[C@H]([C@H](O)CO)C(=O)C1O[C@H]1O[C@H](CO)[C@@H](O)[C@H](O)[C@H]1O. The minimum Gasteiger partial charge on any atom is -0.449 e. The number of rotatable bonds is 5. The normalized spacial score (nSPS) is 42.6. The monoisotopic (exact) mass is 338 g/mol. The van der Waals surface area contributed by atoms with Crippen molar-refractivity contribution < 1.29 is 54.4 Å². The van der Waals surface area contributed by atoms with E-state index in [-0.39, 0.29) is 0 Å². The molecule has 0 bridgehead atoms. The summed E-state index contributed by atoms with van der Waals surface area (Å²) in [7, 11) is 0. The van der Waals surface area contributed by atoms with Crippen molar-refractivity contribution in [1.29, 1.82) is 0 Å². The van der Waals surface area contributed by atoms with Gasteiger partial charge in [0, 0.05) is 0 Å². The van der Waals surface area contributed by atoms with Crippen LogP contribution in [0.15, 0.2) is 0 Å². The zero-order valence-corrected chi connectivity index (χ0v) is 11.8. The van der Waals surface area contributed by atoms with Crippen molar-refractivity contribution in [2.75, 3.05) is 13.2 Å². The van der Waals surface area contributed by atoms with Crippen LogP contribution in [0, 0.1) is 0 Å². The van der Waals surface area contributed by atoms with Crippen molar-refractivity contribution in [3.63, 3.8) is 0 Å². The smallest absolute Gasteiger partial charge is 0.344 e. The summed E-state index contributed by atoms with van der Waals surface area (Å²) in [4.78, 5) is 23.6. The third-order valence-corrected chi connectivity index (χ3v) is 3.65. The highest BCUT2D eigenvalue weighted by atomic mass is 16.7. The van der Waals surface area contributed by atoms with Crippen LogP contribution in [0.4, 0.5) is 0 Å². The summed E-state index contributed by atoms with van der Waals surface area (Å²) in [6.07, 6.45) is -13.2. The maximum atomic E-state index is 12.0. The van der Waals surface area contributed by atoms with E-state index in [4.69, 9.17) is 19.7 Å². The van der Waals surface area contributed by atoms with Crippen LogP contribution in [0.5, 0.6) is 0 Å². The Labute approximate surface area is 129 Å². The van der Waals surface area contributed by atoms with E-state index in [0.717, 1.165) is 0 Å². The number of ether oxygens (including phenoxy) is 3. The molecule has 0 aliphatic carbocycles. The first-order valence-corrected chi connectivity index (χ1v) is 6.81. The van der Waals surface area contributed by atoms with Crippen molar-refractivity contribution in [3.8, 4) is 0 Å². The lowest BCUT2D eigenvalue weighted by Crippen LogP contribution is -2.60. The number of hydrogen-bond donors (Lipinski definition) is 6. The third-order valence-electron chi connectivity index (χ3n) is 3.65. The van der Waals surface area contributed by atoms with Crippen LogP contribution >= 0.6 is 0 Å². The molecule has 132 valence electrons. The lowest BCUT2D eigenvalue weighted by atomic mass is 9.99. The fraction of sp³-hybridized carbons (Fsp3) is 0.833. The van der Waals surface area contributed by atoms with E-state index >= 15 is 0 Å². The van der Waals surface area contributed by atoms with Crippen molar-refractivity contribution >= 4 is 11.8 Å². The maximum Gasteiger partial charge on any atom is 0.344 e. The van der Waals surface area contributed by atoms with Gasteiger partial charge < -0.3 is 44.8 Å². The van der Waals surface area contributed by atoms with Crippen LogP contribution in [0.2, 0.25) is 0 Å². The summed E-state index contributed by atoms with van der Waals surface area (Å²) in [6.45, 7) is -1.53. The molecule has 2 rings (SSSR count). The van der Waals surface area contributed by atoms with Gasteiger partial charge in [-0.15, -0.1) is 0 Å². The predicted octanol–water partition coefficient (Wildman–Crippen LogP) is -4.98. The highest BCUT2D eigenvalue weighted by Gasteiger charge is 2.52. The number of aliphatic hydroxyl groups is 6. The fourth-order valence-corrected chi connectivity index (χ4v) is 2.31. The van der Waals surface area contributed by atoms with Crippen LogP contribution < -0.4 is 0 Å². The summed E-state index contributed by atoms with van der Waals surface area (Å²) in [5, 5.41) is 56.2. The molecule has 11 heteroatoms. The molecule has 2 fully saturated rings. The highest BCUT2D eigenvalue weighted by Crippen LogP contribution is 2.26. The average molecular weight is 338 g/mol. The standard InChI is InChI=1S/C12H18O11/c13-1-3(15)9-8(19)10(11(20)22-9)23-12-7(18)6(17)5(16)4(2-14)21-12/h3-7,9-10,12-18H,1-2H2/t3-,4-,5-,6+,7-,9-,10?,12-/m1/s1. The summed E-state index contributed by atoms with van der Waals surface area (Å²) >= 11 is 0.